The van der Waals surface area contributed by atoms with Gasteiger partial charge >= 0.3 is 11.4 Å². The van der Waals surface area contributed by atoms with E-state index >= 15 is 0 Å². The number of hydrogen-bond acceptors (Lipinski definition) is 6. The normalized spacial score (nSPS) is 22.1. The Balaban J connectivity index is 1.81. The maximum atomic E-state index is 13.2. The van der Waals surface area contributed by atoms with Gasteiger partial charge in [0.05, 0.1) is 23.3 Å². The van der Waals surface area contributed by atoms with Crippen molar-refractivity contribution < 1.29 is 19.4 Å². The lowest BCUT2D eigenvalue weighted by atomic mass is 9.68. The van der Waals surface area contributed by atoms with Crippen LogP contribution in [0.1, 0.15) is 23.9 Å². The van der Waals surface area contributed by atoms with E-state index in [0.29, 0.717) is 31.6 Å². The molecule has 1 aromatic carbocycles. The predicted octanol–water partition coefficient (Wildman–Crippen LogP) is 1.50. The molecule has 1 aromatic heterocycles. The number of benzene rings is 1. The van der Waals surface area contributed by atoms with Crippen LogP contribution in [0.4, 0.5) is 0 Å². The number of carbonyl (C=O) groups excluding carboxylic acids is 2. The smallest absolute Gasteiger partial charge is 0.347 e. The van der Waals surface area contributed by atoms with Crippen LogP contribution >= 0.6 is 22.6 Å². The maximum absolute atomic E-state index is 13.2. The molecule has 0 amide bonds. The molecule has 0 saturated heterocycles. The summed E-state index contributed by atoms with van der Waals surface area (Å²) in [6.07, 6.45) is 3.21. The van der Waals surface area contributed by atoms with Crippen molar-refractivity contribution in [2.75, 3.05) is 7.11 Å². The van der Waals surface area contributed by atoms with Crippen LogP contribution in [0.3, 0.4) is 0 Å². The third kappa shape index (κ3) is 2.74. The highest BCUT2D eigenvalue weighted by molar-refractivity contribution is 14.1. The number of halogens is 1. The number of fused-ring (bicyclic) bond motifs is 3. The zero-order chi connectivity index (χ0) is 22.9. The van der Waals surface area contributed by atoms with Crippen LogP contribution in [0.15, 0.2) is 60.2 Å². The highest BCUT2D eigenvalue weighted by Crippen LogP contribution is 2.52. The van der Waals surface area contributed by atoms with E-state index in [4.69, 9.17) is 4.74 Å². The zero-order valence-electron chi connectivity index (χ0n) is 17.2. The molecular formula is C22H18IN3O6. The molecule has 2 heterocycles. The third-order valence-corrected chi connectivity index (χ3v) is 7.14. The minimum Gasteiger partial charge on any atom is -0.508 e. The lowest BCUT2D eigenvalue weighted by Crippen LogP contribution is -2.40. The number of allylic oxidation sites excluding steroid dienone is 6. The zero-order valence-corrected chi connectivity index (χ0v) is 19.3. The Hall–Kier alpha value is -3.15. The molecule has 32 heavy (non-hydrogen) atoms. The Morgan fingerprint density at radius 3 is 2.62 bits per heavy atom. The Labute approximate surface area is 195 Å². The number of nitrogens with zero attached hydrogens (tertiary/aromatic N) is 3. The average molecular weight is 547 g/mol. The number of aromatic nitrogens is 3. The first kappa shape index (κ1) is 20.7. The second kappa shape index (κ2) is 7.19. The molecule has 2 atom stereocenters. The fraction of sp³-hybridized carbons (Fsp3) is 0.273. The van der Waals surface area contributed by atoms with Gasteiger partial charge in [-0.15, -0.1) is 0 Å². The molecule has 10 heteroatoms. The summed E-state index contributed by atoms with van der Waals surface area (Å²) in [5.74, 6) is -0.928. The summed E-state index contributed by atoms with van der Waals surface area (Å²) in [6, 6.07) is 4.06. The monoisotopic (exact) mass is 547 g/mol. The van der Waals surface area contributed by atoms with Crippen molar-refractivity contribution in [1.29, 1.82) is 0 Å². The van der Waals surface area contributed by atoms with Crippen molar-refractivity contribution in [1.82, 2.24) is 13.9 Å². The number of rotatable bonds is 2. The number of ketones is 2. The number of phenolic OH excluding ortho intramolecular Hbond substituents is 1. The summed E-state index contributed by atoms with van der Waals surface area (Å²) in [4.78, 5) is 51.6. The average Bonchev–Trinajstić information content (AvgIpc) is 3.01. The van der Waals surface area contributed by atoms with Crippen molar-refractivity contribution in [3.05, 3.63) is 77.2 Å². The van der Waals surface area contributed by atoms with E-state index in [9.17, 15) is 24.3 Å². The highest BCUT2D eigenvalue weighted by Gasteiger charge is 2.45. The van der Waals surface area contributed by atoms with E-state index in [1.807, 2.05) is 28.7 Å². The molecule has 0 saturated carbocycles. The molecule has 1 aliphatic heterocycles. The molecule has 1 N–H and O–H groups in total. The Morgan fingerprint density at radius 2 is 1.91 bits per heavy atom. The van der Waals surface area contributed by atoms with Crippen LogP contribution in [0.2, 0.25) is 0 Å². The standard InChI is InChI=1S/C22H18IN3O6/c1-24-21(30)25-6-5-11-15(26(25)22(24)31)8-13-17(28)9-14(23)20(29)19(13)18(11)12-7-10(32-2)3-4-16(12)27/h3-5,7,9,15,18,27H,6,8H2,1-2H3/t15-,18-/m1/s1. The number of Topliss-reactive ketones (excluding diaryl/α,β-unsaturated/α-hetero) is 1. The molecule has 164 valence electrons. The number of carbonyl (C=O) groups is 2. The van der Waals surface area contributed by atoms with Gasteiger partial charge in [0.1, 0.15) is 11.5 Å². The summed E-state index contributed by atoms with van der Waals surface area (Å²) in [5, 5.41) is 10.7. The lowest BCUT2D eigenvalue weighted by molar-refractivity contribution is -0.115. The van der Waals surface area contributed by atoms with Crippen molar-refractivity contribution in [2.45, 2.75) is 24.9 Å². The van der Waals surface area contributed by atoms with Crippen molar-refractivity contribution in [2.24, 2.45) is 7.05 Å². The van der Waals surface area contributed by atoms with Gasteiger partial charge in [-0.1, -0.05) is 6.08 Å². The molecule has 5 rings (SSSR count). The lowest BCUT2D eigenvalue weighted by Gasteiger charge is -2.39. The second-order valence-corrected chi connectivity index (χ2v) is 9.07. The maximum Gasteiger partial charge on any atom is 0.347 e. The van der Waals surface area contributed by atoms with Gasteiger partial charge in [0, 0.05) is 42.2 Å². The Bertz CT molecular complexity index is 1430. The van der Waals surface area contributed by atoms with E-state index in [2.05, 4.69) is 0 Å². The van der Waals surface area contributed by atoms with Gasteiger partial charge in [-0.2, -0.15) is 0 Å². The summed E-state index contributed by atoms with van der Waals surface area (Å²) in [6.45, 7) is 0.139. The van der Waals surface area contributed by atoms with Gasteiger partial charge in [-0.05, 0) is 46.4 Å². The molecule has 0 unspecified atom stereocenters. The van der Waals surface area contributed by atoms with E-state index < -0.39 is 23.3 Å². The Kier molecular flexibility index (Phi) is 4.66. The first-order valence-electron chi connectivity index (χ1n) is 9.89. The van der Waals surface area contributed by atoms with Crippen molar-refractivity contribution in [3.8, 4) is 11.5 Å². The fourth-order valence-corrected chi connectivity index (χ4v) is 5.40. The molecular weight excluding hydrogens is 529 g/mol. The first-order chi connectivity index (χ1) is 15.2. The molecule has 0 fully saturated rings. The van der Waals surface area contributed by atoms with E-state index in [1.165, 1.54) is 35.7 Å². The van der Waals surface area contributed by atoms with Crippen LogP contribution in [-0.4, -0.2) is 37.7 Å². The summed E-state index contributed by atoms with van der Waals surface area (Å²) < 4.78 is 9.32. The second-order valence-electron chi connectivity index (χ2n) is 7.91. The number of ether oxygens (including phenoxy) is 1. The highest BCUT2D eigenvalue weighted by atomic mass is 127. The largest absolute Gasteiger partial charge is 0.508 e. The van der Waals surface area contributed by atoms with E-state index in [1.54, 1.807) is 12.1 Å². The quantitative estimate of drug-likeness (QED) is 0.347. The topological polar surface area (TPSA) is 113 Å². The van der Waals surface area contributed by atoms with Crippen LogP contribution in [0, 0.1) is 0 Å². The van der Waals surface area contributed by atoms with Gasteiger partial charge in [-0.3, -0.25) is 9.59 Å². The fourth-order valence-electron chi connectivity index (χ4n) is 4.82. The number of methoxy groups -OCH3 is 1. The van der Waals surface area contributed by atoms with E-state index in [-0.39, 0.29) is 30.3 Å². The molecule has 3 aliphatic rings. The summed E-state index contributed by atoms with van der Waals surface area (Å²) >= 11 is 1.85. The SMILES string of the molecule is COc1ccc(O)c([C@H]2C3=CCn4c(=O)n(C)c(=O)n4[C@@H]3CC3=C2C(=O)C(I)=CC3=O)c1. The molecule has 2 aliphatic carbocycles. The van der Waals surface area contributed by atoms with Crippen LogP contribution < -0.4 is 16.1 Å². The van der Waals surface area contributed by atoms with Crippen LogP contribution in [-0.2, 0) is 23.2 Å². The summed E-state index contributed by atoms with van der Waals surface area (Å²) in [7, 11) is 2.90. The van der Waals surface area contributed by atoms with Crippen LogP contribution in [0.25, 0.3) is 0 Å². The van der Waals surface area contributed by atoms with Gasteiger partial charge in [0.25, 0.3) is 0 Å². The predicted molar refractivity (Wildman–Crippen MR) is 122 cm³/mol. The van der Waals surface area contributed by atoms with E-state index in [0.717, 1.165) is 4.57 Å². The molecule has 0 bridgehead atoms. The first-order valence-corrected chi connectivity index (χ1v) is 11.0. The van der Waals surface area contributed by atoms with Gasteiger partial charge in [0.2, 0.25) is 0 Å². The van der Waals surface area contributed by atoms with Crippen molar-refractivity contribution in [3.63, 3.8) is 0 Å². The third-order valence-electron chi connectivity index (χ3n) is 6.34. The van der Waals surface area contributed by atoms with Crippen LogP contribution in [0.5, 0.6) is 11.5 Å². The minimum atomic E-state index is -0.760. The van der Waals surface area contributed by atoms with Gasteiger partial charge in [0.15, 0.2) is 11.6 Å². The molecule has 0 radical (unpaired) electrons. The molecule has 2 aromatic rings. The van der Waals surface area contributed by atoms with Gasteiger partial charge < -0.3 is 9.84 Å². The number of aromatic hydroxyl groups is 1. The minimum absolute atomic E-state index is 0.0580. The number of hydrogen-bond donors (Lipinski definition) is 1. The van der Waals surface area contributed by atoms with Crippen molar-refractivity contribution >= 4 is 34.2 Å². The Morgan fingerprint density at radius 1 is 1.16 bits per heavy atom. The van der Waals surface area contributed by atoms with Gasteiger partial charge in [-0.25, -0.2) is 23.5 Å². The molecule has 9 nitrogen and oxygen atoms in total. The summed E-state index contributed by atoms with van der Waals surface area (Å²) in [5.41, 5.74) is 0.732. The molecule has 0 spiro atoms. The number of phenols is 1.